The summed E-state index contributed by atoms with van der Waals surface area (Å²) < 4.78 is 2.50. The molecule has 2 aliphatic carbocycles. The molecule has 0 N–H and O–H groups in total. The van der Waals surface area contributed by atoms with E-state index in [1.165, 1.54) is 99.0 Å². The monoisotopic (exact) mass is 824 g/mol. The van der Waals surface area contributed by atoms with Crippen LogP contribution in [0.3, 0.4) is 0 Å². The average Bonchev–Trinajstić information content (AvgIpc) is 3.98. The molecule has 0 saturated carbocycles. The fourth-order valence-corrected chi connectivity index (χ4v) is 11.8. The minimum atomic E-state index is -0.473. The van der Waals surface area contributed by atoms with E-state index in [0.29, 0.717) is 0 Å². The van der Waals surface area contributed by atoms with Crippen molar-refractivity contribution in [2.24, 2.45) is 0 Å². The van der Waals surface area contributed by atoms with E-state index >= 15 is 0 Å². The summed E-state index contributed by atoms with van der Waals surface area (Å²) in [6.45, 7) is 0. The maximum Gasteiger partial charge on any atom is 0.0726 e. The molecule has 0 radical (unpaired) electrons. The normalized spacial score (nSPS) is 13.0. The first kappa shape index (κ1) is 36.1. The van der Waals surface area contributed by atoms with E-state index in [4.69, 9.17) is 0 Å². The first-order valence-corrected chi connectivity index (χ1v) is 22.6. The number of para-hydroxylation sites is 3. The van der Waals surface area contributed by atoms with E-state index in [0.717, 1.165) is 22.7 Å². The molecule has 0 bridgehead atoms. The Labute approximate surface area is 377 Å². The lowest BCUT2D eigenvalue weighted by Crippen LogP contribution is -2.26. The highest BCUT2D eigenvalue weighted by Gasteiger charge is 2.51. The number of hydrogen-bond donors (Lipinski definition) is 0. The van der Waals surface area contributed by atoms with Crippen LogP contribution in [0.15, 0.2) is 243 Å². The Bertz CT molecular complexity index is 3790. The predicted octanol–water partition coefficient (Wildman–Crippen LogP) is 16.6. The van der Waals surface area contributed by atoms with Gasteiger partial charge in [-0.05, 0) is 126 Å². The molecule has 2 nitrogen and oxygen atoms in total. The third kappa shape index (κ3) is 4.94. The Morgan fingerprint density at radius 3 is 1.46 bits per heavy atom. The van der Waals surface area contributed by atoms with Crippen LogP contribution in [0.2, 0.25) is 0 Å². The topological polar surface area (TPSA) is 8.17 Å². The standard InChI is InChI=1S/C63H40N2/c1-2-20-42(21-3-1)64(43-37-38-50-49-27-10-15-32-56(49)63(57(50)40-43)54-30-13-8-25-47(54)48-26-9-14-31-55(48)63)60-35-18-36-61(65-58-33-16-11-28-51(58)52-29-12-17-34-59(52)65)62(60)53-39-41-19-4-5-22-44(41)45-23-6-7-24-46(45)53/h1-40H. The molecule has 65 heavy (non-hydrogen) atoms. The average molecular weight is 825 g/mol. The zero-order chi connectivity index (χ0) is 42.6. The van der Waals surface area contributed by atoms with Crippen LogP contribution in [-0.4, -0.2) is 4.57 Å². The highest BCUT2D eigenvalue weighted by atomic mass is 15.1. The maximum atomic E-state index is 2.51. The van der Waals surface area contributed by atoms with Crippen LogP contribution in [0.25, 0.3) is 82.4 Å². The molecule has 302 valence electrons. The molecule has 1 heterocycles. The molecule has 0 fully saturated rings. The minimum absolute atomic E-state index is 0.473. The van der Waals surface area contributed by atoms with Crippen molar-refractivity contribution in [1.29, 1.82) is 0 Å². The van der Waals surface area contributed by atoms with Crippen LogP contribution >= 0.6 is 0 Å². The first-order valence-electron chi connectivity index (χ1n) is 22.6. The zero-order valence-electron chi connectivity index (χ0n) is 35.5. The van der Waals surface area contributed by atoms with Gasteiger partial charge < -0.3 is 9.47 Å². The number of fused-ring (bicyclic) bond motifs is 16. The van der Waals surface area contributed by atoms with Gasteiger partial charge in [0.2, 0.25) is 0 Å². The van der Waals surface area contributed by atoms with Crippen molar-refractivity contribution in [3.05, 3.63) is 265 Å². The van der Waals surface area contributed by atoms with Gasteiger partial charge in [-0.3, -0.25) is 0 Å². The number of anilines is 3. The van der Waals surface area contributed by atoms with Crippen LogP contribution in [0.1, 0.15) is 22.3 Å². The van der Waals surface area contributed by atoms with Gasteiger partial charge in [0, 0.05) is 27.7 Å². The summed E-state index contributed by atoms with van der Waals surface area (Å²) >= 11 is 0. The van der Waals surface area contributed by atoms with Crippen LogP contribution in [0, 0.1) is 0 Å². The highest BCUT2D eigenvalue weighted by molar-refractivity contribution is 6.17. The molecule has 0 atom stereocenters. The number of hydrogen-bond acceptors (Lipinski definition) is 1. The summed E-state index contributed by atoms with van der Waals surface area (Å²) in [6.07, 6.45) is 0. The summed E-state index contributed by atoms with van der Waals surface area (Å²) in [5, 5.41) is 7.41. The fraction of sp³-hybridized carbons (Fsp3) is 0.0159. The van der Waals surface area contributed by atoms with Gasteiger partial charge in [-0.15, -0.1) is 0 Å². The van der Waals surface area contributed by atoms with Crippen molar-refractivity contribution in [1.82, 2.24) is 4.57 Å². The third-order valence-electron chi connectivity index (χ3n) is 14.4. The van der Waals surface area contributed by atoms with Gasteiger partial charge in [0.15, 0.2) is 0 Å². The lowest BCUT2D eigenvalue weighted by Gasteiger charge is -2.33. The summed E-state index contributed by atoms with van der Waals surface area (Å²) in [5.41, 5.74) is 19.2. The Balaban J connectivity index is 1.12. The second-order valence-corrected chi connectivity index (χ2v) is 17.5. The molecule has 2 aliphatic rings. The molecule has 0 amide bonds. The maximum absolute atomic E-state index is 2.51. The van der Waals surface area contributed by atoms with Gasteiger partial charge in [0.1, 0.15) is 0 Å². The number of aromatic nitrogens is 1. The number of benzene rings is 11. The SMILES string of the molecule is c1ccc(N(c2ccc3c(c2)C2(c4ccccc4-c4ccccc42)c2ccccc2-3)c2cccc(-n3c4ccccc4c4ccccc43)c2-c2cc3ccccc3c3ccccc23)cc1. The van der Waals surface area contributed by atoms with Crippen LogP contribution in [0.5, 0.6) is 0 Å². The molecule has 1 spiro atoms. The van der Waals surface area contributed by atoms with Crippen molar-refractivity contribution >= 4 is 60.4 Å². The van der Waals surface area contributed by atoms with E-state index in [9.17, 15) is 0 Å². The molecule has 11 aromatic carbocycles. The quantitative estimate of drug-likeness (QED) is 0.157. The third-order valence-corrected chi connectivity index (χ3v) is 14.4. The van der Waals surface area contributed by atoms with Crippen LogP contribution in [-0.2, 0) is 5.41 Å². The number of rotatable bonds is 5. The second-order valence-electron chi connectivity index (χ2n) is 17.5. The van der Waals surface area contributed by atoms with Crippen molar-refractivity contribution in [2.45, 2.75) is 5.41 Å². The lowest BCUT2D eigenvalue weighted by molar-refractivity contribution is 0.793. The van der Waals surface area contributed by atoms with E-state index in [-0.39, 0.29) is 0 Å². The Hall–Kier alpha value is -8.46. The highest BCUT2D eigenvalue weighted by Crippen LogP contribution is 2.63. The molecule has 14 rings (SSSR count). The molecular formula is C63H40N2. The molecule has 0 saturated heterocycles. The van der Waals surface area contributed by atoms with Crippen molar-refractivity contribution < 1.29 is 0 Å². The summed E-state index contributed by atoms with van der Waals surface area (Å²) in [7, 11) is 0. The second kappa shape index (κ2) is 13.8. The Kier molecular flexibility index (Phi) is 7.64. The van der Waals surface area contributed by atoms with Crippen LogP contribution < -0.4 is 4.90 Å². The molecule has 2 heteroatoms. The van der Waals surface area contributed by atoms with Crippen molar-refractivity contribution in [3.8, 4) is 39.1 Å². The molecule has 1 aromatic heterocycles. The first-order chi connectivity index (χ1) is 32.3. The molecule has 0 aliphatic heterocycles. The summed E-state index contributed by atoms with van der Waals surface area (Å²) in [5.74, 6) is 0. The lowest BCUT2D eigenvalue weighted by atomic mass is 9.70. The van der Waals surface area contributed by atoms with E-state index in [1.54, 1.807) is 0 Å². The largest absolute Gasteiger partial charge is 0.310 e. The number of nitrogens with zero attached hydrogens (tertiary/aromatic N) is 2. The van der Waals surface area contributed by atoms with Crippen molar-refractivity contribution in [2.75, 3.05) is 4.90 Å². The summed E-state index contributed by atoms with van der Waals surface area (Å²) in [4.78, 5) is 2.51. The van der Waals surface area contributed by atoms with Gasteiger partial charge in [0.05, 0.1) is 27.8 Å². The molecule has 12 aromatic rings. The van der Waals surface area contributed by atoms with Gasteiger partial charge in [0.25, 0.3) is 0 Å². The van der Waals surface area contributed by atoms with Crippen LogP contribution in [0.4, 0.5) is 17.1 Å². The predicted molar refractivity (Wildman–Crippen MR) is 272 cm³/mol. The van der Waals surface area contributed by atoms with Gasteiger partial charge >= 0.3 is 0 Å². The minimum Gasteiger partial charge on any atom is -0.310 e. The Morgan fingerprint density at radius 2 is 0.815 bits per heavy atom. The fourth-order valence-electron chi connectivity index (χ4n) is 11.8. The summed E-state index contributed by atoms with van der Waals surface area (Å²) in [6, 6.07) is 90.3. The van der Waals surface area contributed by atoms with E-state index in [1.807, 2.05) is 0 Å². The molecule has 0 unspecified atom stereocenters. The van der Waals surface area contributed by atoms with E-state index in [2.05, 4.69) is 252 Å². The zero-order valence-corrected chi connectivity index (χ0v) is 35.5. The van der Waals surface area contributed by atoms with Crippen molar-refractivity contribution in [3.63, 3.8) is 0 Å². The van der Waals surface area contributed by atoms with Gasteiger partial charge in [-0.1, -0.05) is 188 Å². The Morgan fingerprint density at radius 1 is 0.308 bits per heavy atom. The van der Waals surface area contributed by atoms with E-state index < -0.39 is 5.41 Å². The van der Waals surface area contributed by atoms with Gasteiger partial charge in [-0.25, -0.2) is 0 Å². The molecular weight excluding hydrogens is 785 g/mol. The van der Waals surface area contributed by atoms with Gasteiger partial charge in [-0.2, -0.15) is 0 Å². The smallest absolute Gasteiger partial charge is 0.0726 e.